The molecule has 0 unspecified atom stereocenters. The van der Waals surface area contributed by atoms with Crippen LogP contribution in [0.3, 0.4) is 0 Å². The maximum absolute atomic E-state index is 13.4. The van der Waals surface area contributed by atoms with Crippen molar-refractivity contribution in [2.45, 2.75) is 26.3 Å². The number of hydrogen-bond donors (Lipinski definition) is 2. The molecular formula is C23H22FN5O2S. The third-order valence-corrected chi connectivity index (χ3v) is 5.76. The Morgan fingerprint density at radius 3 is 2.62 bits per heavy atom. The number of nitrogens with one attached hydrogen (secondary N) is 1. The summed E-state index contributed by atoms with van der Waals surface area (Å²) >= 11 is 1.46. The minimum atomic E-state index is -0.790. The molecule has 2 N–H and O–H groups in total. The fraction of sp³-hybridized carbons (Fsp3) is 0.217. The van der Waals surface area contributed by atoms with Gasteiger partial charge in [0.15, 0.2) is 0 Å². The Morgan fingerprint density at radius 2 is 1.97 bits per heavy atom. The van der Waals surface area contributed by atoms with Crippen LogP contribution in [0.4, 0.5) is 4.39 Å². The Bertz CT molecular complexity index is 1250. The number of aromatic nitrogens is 4. The van der Waals surface area contributed by atoms with Gasteiger partial charge in [-0.15, -0.1) is 11.3 Å². The van der Waals surface area contributed by atoms with E-state index in [0.29, 0.717) is 22.9 Å². The van der Waals surface area contributed by atoms with Gasteiger partial charge >= 0.3 is 0 Å². The molecule has 0 aliphatic heterocycles. The number of carbonyl (C=O) groups excluding carboxylic acids is 1. The predicted octanol–water partition coefficient (Wildman–Crippen LogP) is 4.01. The highest BCUT2D eigenvalue weighted by atomic mass is 32.1. The number of aliphatic hydroxyl groups excluding tert-OH is 1. The molecule has 0 radical (unpaired) electrons. The smallest absolute Gasteiger partial charge is 0.255 e. The molecule has 3 heterocycles. The predicted molar refractivity (Wildman–Crippen MR) is 121 cm³/mol. The molecule has 9 heteroatoms. The maximum atomic E-state index is 13.4. The number of aryl methyl sites for hydroxylation is 1. The highest BCUT2D eigenvalue weighted by molar-refractivity contribution is 7.13. The number of rotatable bonds is 6. The second-order valence-electron chi connectivity index (χ2n) is 8.00. The van der Waals surface area contributed by atoms with Gasteiger partial charge in [0.2, 0.25) is 0 Å². The first-order valence-corrected chi connectivity index (χ1v) is 10.8. The van der Waals surface area contributed by atoms with Crippen molar-refractivity contribution in [2.75, 3.05) is 6.61 Å². The van der Waals surface area contributed by atoms with Gasteiger partial charge in [0, 0.05) is 11.8 Å². The van der Waals surface area contributed by atoms with Gasteiger partial charge in [0.05, 0.1) is 34.5 Å². The van der Waals surface area contributed by atoms with Crippen molar-refractivity contribution in [3.8, 4) is 27.8 Å². The van der Waals surface area contributed by atoms with E-state index in [1.165, 1.54) is 34.3 Å². The van der Waals surface area contributed by atoms with E-state index in [1.54, 1.807) is 32.2 Å². The summed E-state index contributed by atoms with van der Waals surface area (Å²) in [6.45, 7) is 5.14. The molecule has 3 aromatic heterocycles. The lowest BCUT2D eigenvalue weighted by Crippen LogP contribution is -2.46. The molecule has 32 heavy (non-hydrogen) atoms. The summed E-state index contributed by atoms with van der Waals surface area (Å²) in [6, 6.07) is 9.86. The molecule has 0 aliphatic carbocycles. The Balaban J connectivity index is 1.83. The number of benzene rings is 1. The lowest BCUT2D eigenvalue weighted by atomic mass is 10.1. The monoisotopic (exact) mass is 451 g/mol. The van der Waals surface area contributed by atoms with Crippen LogP contribution in [0, 0.1) is 12.7 Å². The van der Waals surface area contributed by atoms with E-state index in [1.807, 2.05) is 24.4 Å². The molecule has 0 bridgehead atoms. The minimum Gasteiger partial charge on any atom is -0.394 e. The number of hydrogen-bond acceptors (Lipinski definition) is 6. The molecule has 1 amide bonds. The first kappa shape index (κ1) is 21.8. The van der Waals surface area contributed by atoms with Crippen molar-refractivity contribution in [1.29, 1.82) is 0 Å². The van der Waals surface area contributed by atoms with Gasteiger partial charge in [-0.2, -0.15) is 9.78 Å². The van der Waals surface area contributed by atoms with Crippen LogP contribution in [0.1, 0.15) is 29.8 Å². The van der Waals surface area contributed by atoms with Gasteiger partial charge in [0.25, 0.3) is 11.9 Å². The Hall–Kier alpha value is -3.43. The van der Waals surface area contributed by atoms with Crippen LogP contribution in [0.5, 0.6) is 0 Å². The molecule has 0 saturated carbocycles. The quantitative estimate of drug-likeness (QED) is 0.462. The number of halogens is 1. The van der Waals surface area contributed by atoms with Crippen LogP contribution >= 0.6 is 11.3 Å². The summed E-state index contributed by atoms with van der Waals surface area (Å²) in [5, 5.41) is 18.7. The van der Waals surface area contributed by atoms with Gasteiger partial charge in [-0.25, -0.2) is 14.4 Å². The topological polar surface area (TPSA) is 92.9 Å². The summed E-state index contributed by atoms with van der Waals surface area (Å²) in [7, 11) is 0. The first-order chi connectivity index (χ1) is 15.3. The zero-order chi connectivity index (χ0) is 22.9. The number of thiophene rings is 1. The Labute approximate surface area is 188 Å². The van der Waals surface area contributed by atoms with Crippen LogP contribution in [-0.2, 0) is 0 Å². The minimum absolute atomic E-state index is 0.205. The zero-order valence-corrected chi connectivity index (χ0v) is 18.7. The maximum Gasteiger partial charge on any atom is 0.255 e. The largest absolute Gasteiger partial charge is 0.394 e. The number of amides is 1. The average Bonchev–Trinajstić information content (AvgIpc) is 3.44. The second kappa shape index (κ2) is 8.60. The molecule has 4 rings (SSSR count). The molecule has 0 atom stereocenters. The summed E-state index contributed by atoms with van der Waals surface area (Å²) in [5.41, 5.74) is 2.34. The van der Waals surface area contributed by atoms with E-state index >= 15 is 0 Å². The highest BCUT2D eigenvalue weighted by Crippen LogP contribution is 2.31. The van der Waals surface area contributed by atoms with E-state index in [4.69, 9.17) is 0 Å². The average molecular weight is 452 g/mol. The van der Waals surface area contributed by atoms with Crippen LogP contribution in [0.15, 0.2) is 54.2 Å². The van der Waals surface area contributed by atoms with Crippen molar-refractivity contribution < 1.29 is 14.3 Å². The SMILES string of the molecule is Cc1cnc(-n2ncc(C(=O)NC(C)(C)CO)c2-c2cccs2)nc1-c1ccc(F)cc1. The summed E-state index contributed by atoms with van der Waals surface area (Å²) in [5.74, 6) is -0.391. The van der Waals surface area contributed by atoms with Crippen molar-refractivity contribution >= 4 is 17.2 Å². The van der Waals surface area contributed by atoms with Crippen LogP contribution in [0.25, 0.3) is 27.8 Å². The third-order valence-electron chi connectivity index (χ3n) is 4.88. The summed E-state index contributed by atoms with van der Waals surface area (Å²) < 4.78 is 14.9. The van der Waals surface area contributed by atoms with Crippen LogP contribution in [-0.4, -0.2) is 42.9 Å². The van der Waals surface area contributed by atoms with Crippen molar-refractivity contribution in [2.24, 2.45) is 0 Å². The molecule has 0 saturated heterocycles. The third kappa shape index (κ3) is 4.30. The fourth-order valence-electron chi connectivity index (χ4n) is 3.17. The van der Waals surface area contributed by atoms with E-state index < -0.39 is 5.54 Å². The van der Waals surface area contributed by atoms with Gasteiger partial charge in [-0.1, -0.05) is 6.07 Å². The van der Waals surface area contributed by atoms with E-state index in [9.17, 15) is 14.3 Å². The fourth-order valence-corrected chi connectivity index (χ4v) is 3.93. The van der Waals surface area contributed by atoms with Crippen LogP contribution in [0.2, 0.25) is 0 Å². The number of aliphatic hydroxyl groups is 1. The normalized spacial score (nSPS) is 11.5. The van der Waals surface area contributed by atoms with E-state index in [2.05, 4.69) is 20.4 Å². The van der Waals surface area contributed by atoms with Gasteiger partial charge < -0.3 is 10.4 Å². The molecule has 164 valence electrons. The number of nitrogens with zero attached hydrogens (tertiary/aromatic N) is 4. The zero-order valence-electron chi connectivity index (χ0n) is 17.8. The van der Waals surface area contributed by atoms with Crippen LogP contribution < -0.4 is 5.32 Å². The molecule has 4 aromatic rings. The van der Waals surface area contributed by atoms with E-state index in [-0.39, 0.29) is 18.3 Å². The molecule has 0 spiro atoms. The summed E-state index contributed by atoms with van der Waals surface area (Å²) in [6.07, 6.45) is 3.15. The first-order valence-electron chi connectivity index (χ1n) is 9.94. The van der Waals surface area contributed by atoms with Crippen molar-refractivity contribution in [3.05, 3.63) is 71.1 Å². The highest BCUT2D eigenvalue weighted by Gasteiger charge is 2.26. The van der Waals surface area contributed by atoms with Crippen molar-refractivity contribution in [3.63, 3.8) is 0 Å². The van der Waals surface area contributed by atoms with Gasteiger partial charge in [-0.05, 0) is 62.0 Å². The molecule has 1 aromatic carbocycles. The van der Waals surface area contributed by atoms with Gasteiger partial charge in [0.1, 0.15) is 11.5 Å². The lowest BCUT2D eigenvalue weighted by molar-refractivity contribution is 0.0870. The number of carbonyl (C=O) groups is 1. The van der Waals surface area contributed by atoms with E-state index in [0.717, 1.165) is 16.0 Å². The standard InChI is InChI=1S/C23H22FN5O2S/c1-14-11-25-22(27-19(14)15-6-8-16(24)9-7-15)29-20(18-5-4-10-32-18)17(12-26-29)21(31)28-23(2,3)13-30/h4-12,30H,13H2,1-3H3,(H,28,31). The molecule has 0 fully saturated rings. The molecule has 0 aliphatic rings. The molecule has 7 nitrogen and oxygen atoms in total. The summed E-state index contributed by atoms with van der Waals surface area (Å²) in [4.78, 5) is 22.9. The second-order valence-corrected chi connectivity index (χ2v) is 8.95. The van der Waals surface area contributed by atoms with Gasteiger partial charge in [-0.3, -0.25) is 4.79 Å². The Morgan fingerprint density at radius 1 is 1.22 bits per heavy atom. The Kier molecular flexibility index (Phi) is 5.86. The van der Waals surface area contributed by atoms with Crippen molar-refractivity contribution in [1.82, 2.24) is 25.1 Å². The molecular weight excluding hydrogens is 429 g/mol. The lowest BCUT2D eigenvalue weighted by Gasteiger charge is -2.23.